The molecule has 0 aliphatic rings. The molecule has 90 valence electrons. The summed E-state index contributed by atoms with van der Waals surface area (Å²) in [6.07, 6.45) is 2.72. The highest BCUT2D eigenvalue weighted by atomic mass is 79.9. The van der Waals surface area contributed by atoms with Crippen LogP contribution in [0.25, 0.3) is 0 Å². The van der Waals surface area contributed by atoms with E-state index in [0.717, 1.165) is 0 Å². The van der Waals surface area contributed by atoms with Gasteiger partial charge in [-0.3, -0.25) is 4.72 Å². The van der Waals surface area contributed by atoms with Crippen LogP contribution in [-0.4, -0.2) is 25.0 Å². The summed E-state index contributed by atoms with van der Waals surface area (Å²) in [6.45, 7) is 0. The molecule has 0 atom stereocenters. The van der Waals surface area contributed by atoms with Gasteiger partial charge in [-0.1, -0.05) is 0 Å². The molecule has 0 aromatic carbocycles. The maximum absolute atomic E-state index is 11.6. The number of halogens is 2. The van der Waals surface area contributed by atoms with Crippen LogP contribution in [0.3, 0.4) is 0 Å². The molecule has 0 amide bonds. The van der Waals surface area contributed by atoms with Crippen molar-refractivity contribution in [2.45, 2.75) is 12.8 Å². The molecule has 0 aliphatic carbocycles. The number of aromatic nitrogens is 1. The zero-order valence-electron chi connectivity index (χ0n) is 8.49. The monoisotopic (exact) mass is 326 g/mol. The van der Waals surface area contributed by atoms with Crippen LogP contribution in [0.4, 0.5) is 5.69 Å². The van der Waals surface area contributed by atoms with E-state index in [1.807, 2.05) is 0 Å². The van der Waals surface area contributed by atoms with Gasteiger partial charge in [0.1, 0.15) is 4.60 Å². The third-order valence-corrected chi connectivity index (χ3v) is 3.91. The normalized spacial score (nSPS) is 11.4. The van der Waals surface area contributed by atoms with E-state index in [1.165, 1.54) is 6.20 Å². The van der Waals surface area contributed by atoms with Crippen molar-refractivity contribution in [3.8, 4) is 0 Å². The number of alkyl halides is 1. The van der Waals surface area contributed by atoms with Crippen LogP contribution in [0.5, 0.6) is 0 Å². The highest BCUT2D eigenvalue weighted by Gasteiger charge is 2.09. The smallest absolute Gasteiger partial charge is 0.232 e. The molecule has 1 N–H and O–H groups in total. The molecule has 0 aliphatic heterocycles. The average Bonchev–Trinajstić information content (AvgIpc) is 2.21. The molecule has 7 heteroatoms. The summed E-state index contributed by atoms with van der Waals surface area (Å²) in [4.78, 5) is 3.93. The summed E-state index contributed by atoms with van der Waals surface area (Å²) in [5, 5.41) is 0. The lowest BCUT2D eigenvalue weighted by Crippen LogP contribution is -2.16. The van der Waals surface area contributed by atoms with Crippen LogP contribution < -0.4 is 4.72 Å². The highest BCUT2D eigenvalue weighted by molar-refractivity contribution is 9.10. The molecule has 1 rings (SSSR count). The number of nitrogens with one attached hydrogen (secondary N) is 1. The Morgan fingerprint density at radius 3 is 2.69 bits per heavy atom. The first-order chi connectivity index (χ1) is 7.53. The van der Waals surface area contributed by atoms with Gasteiger partial charge >= 0.3 is 0 Å². The van der Waals surface area contributed by atoms with Gasteiger partial charge in [0.15, 0.2) is 0 Å². The van der Waals surface area contributed by atoms with Gasteiger partial charge < -0.3 is 0 Å². The van der Waals surface area contributed by atoms with Crippen LogP contribution in [0, 0.1) is 0 Å². The van der Waals surface area contributed by atoms with Gasteiger partial charge in [-0.2, -0.15) is 0 Å². The predicted octanol–water partition coefficient (Wildman–Crippen LogP) is 2.60. The Balaban J connectivity index is 2.55. The topological polar surface area (TPSA) is 59.1 Å². The second-order valence-corrected chi connectivity index (χ2v) is 6.22. The Hall–Kier alpha value is -0.330. The van der Waals surface area contributed by atoms with Gasteiger partial charge in [-0.05, 0) is 40.9 Å². The summed E-state index contributed by atoms with van der Waals surface area (Å²) >= 11 is 8.65. The SMILES string of the molecule is O=S(=O)(CCCCCl)Nc1ccc(Br)nc1. The van der Waals surface area contributed by atoms with Gasteiger partial charge in [0.05, 0.1) is 17.6 Å². The number of pyridine rings is 1. The molecule has 1 heterocycles. The predicted molar refractivity (Wildman–Crippen MR) is 69.3 cm³/mol. The first-order valence-electron chi connectivity index (χ1n) is 4.71. The molecule has 1 aromatic rings. The van der Waals surface area contributed by atoms with Crippen molar-refractivity contribution in [2.75, 3.05) is 16.4 Å². The van der Waals surface area contributed by atoms with E-state index in [4.69, 9.17) is 11.6 Å². The molecule has 0 unspecified atom stereocenters. The molecule has 4 nitrogen and oxygen atoms in total. The van der Waals surface area contributed by atoms with E-state index in [0.29, 0.717) is 29.0 Å². The molecule has 0 saturated heterocycles. The minimum Gasteiger partial charge on any atom is -0.282 e. The van der Waals surface area contributed by atoms with Gasteiger partial charge in [0.2, 0.25) is 10.0 Å². The van der Waals surface area contributed by atoms with Crippen LogP contribution in [-0.2, 0) is 10.0 Å². The lowest BCUT2D eigenvalue weighted by molar-refractivity contribution is 0.598. The summed E-state index contributed by atoms with van der Waals surface area (Å²) in [7, 11) is -3.28. The lowest BCUT2D eigenvalue weighted by atomic mass is 10.4. The average molecular weight is 328 g/mol. The molecule has 0 spiro atoms. The third kappa shape index (κ3) is 5.14. The molecule has 16 heavy (non-hydrogen) atoms. The summed E-state index contributed by atoms with van der Waals surface area (Å²) in [5.41, 5.74) is 0.467. The minimum atomic E-state index is -3.28. The van der Waals surface area contributed by atoms with E-state index in [-0.39, 0.29) is 5.75 Å². The summed E-state index contributed by atoms with van der Waals surface area (Å²) < 4.78 is 26.2. The van der Waals surface area contributed by atoms with Gasteiger partial charge in [0, 0.05) is 5.88 Å². The van der Waals surface area contributed by atoms with E-state index in [2.05, 4.69) is 25.6 Å². The van der Waals surface area contributed by atoms with Gasteiger partial charge in [-0.15, -0.1) is 11.6 Å². The van der Waals surface area contributed by atoms with Crippen LogP contribution >= 0.6 is 27.5 Å². The maximum atomic E-state index is 11.6. The van der Waals surface area contributed by atoms with E-state index < -0.39 is 10.0 Å². The summed E-state index contributed by atoms with van der Waals surface area (Å²) in [6, 6.07) is 3.33. The van der Waals surface area contributed by atoms with Gasteiger partial charge in [-0.25, -0.2) is 13.4 Å². The molecule has 0 fully saturated rings. The maximum Gasteiger partial charge on any atom is 0.232 e. The molecular weight excluding hydrogens is 316 g/mol. The fourth-order valence-corrected chi connectivity index (χ4v) is 2.64. The largest absolute Gasteiger partial charge is 0.282 e. The van der Waals surface area contributed by atoms with E-state index >= 15 is 0 Å². The van der Waals surface area contributed by atoms with Crippen LogP contribution in [0.1, 0.15) is 12.8 Å². The van der Waals surface area contributed by atoms with E-state index in [9.17, 15) is 8.42 Å². The third-order valence-electron chi connectivity index (χ3n) is 1.80. The molecule has 0 saturated carbocycles. The van der Waals surface area contributed by atoms with Crippen LogP contribution in [0.2, 0.25) is 0 Å². The Bertz CT molecular complexity index is 422. The Kier molecular flexibility index (Phi) is 5.51. The number of hydrogen-bond acceptors (Lipinski definition) is 3. The standard InChI is InChI=1S/C9H12BrClN2O2S/c10-9-4-3-8(7-12-9)13-16(14,15)6-2-1-5-11/h3-4,7,13H,1-2,5-6H2. The molecule has 1 aromatic heterocycles. The molecule has 0 bridgehead atoms. The zero-order valence-corrected chi connectivity index (χ0v) is 11.6. The summed E-state index contributed by atoms with van der Waals surface area (Å²) in [5.74, 6) is 0.561. The second-order valence-electron chi connectivity index (χ2n) is 3.19. The Morgan fingerprint density at radius 2 is 2.12 bits per heavy atom. The number of hydrogen-bond donors (Lipinski definition) is 1. The fraction of sp³-hybridized carbons (Fsp3) is 0.444. The lowest BCUT2D eigenvalue weighted by Gasteiger charge is -2.06. The van der Waals surface area contributed by atoms with E-state index in [1.54, 1.807) is 12.1 Å². The first-order valence-corrected chi connectivity index (χ1v) is 7.69. The number of rotatable bonds is 6. The quantitative estimate of drug-likeness (QED) is 0.496. The van der Waals surface area contributed by atoms with Crippen molar-refractivity contribution in [2.24, 2.45) is 0 Å². The molecular formula is C9H12BrClN2O2S. The second kappa shape index (κ2) is 6.42. The number of anilines is 1. The van der Waals surface area contributed by atoms with Crippen molar-refractivity contribution >= 4 is 43.2 Å². The first kappa shape index (κ1) is 13.7. The number of sulfonamides is 1. The number of nitrogens with zero attached hydrogens (tertiary/aromatic N) is 1. The number of unbranched alkanes of at least 4 members (excludes halogenated alkanes) is 1. The molecule has 0 radical (unpaired) electrons. The van der Waals surface area contributed by atoms with Crippen molar-refractivity contribution in [3.63, 3.8) is 0 Å². The van der Waals surface area contributed by atoms with Crippen molar-refractivity contribution < 1.29 is 8.42 Å². The van der Waals surface area contributed by atoms with Crippen molar-refractivity contribution in [1.29, 1.82) is 0 Å². The minimum absolute atomic E-state index is 0.0792. The Morgan fingerprint density at radius 1 is 1.38 bits per heavy atom. The van der Waals surface area contributed by atoms with Gasteiger partial charge in [0.25, 0.3) is 0 Å². The van der Waals surface area contributed by atoms with Crippen molar-refractivity contribution in [1.82, 2.24) is 4.98 Å². The zero-order chi connectivity index (χ0) is 12.0. The Labute approximate surface area is 109 Å². The van der Waals surface area contributed by atoms with Crippen molar-refractivity contribution in [3.05, 3.63) is 22.9 Å². The van der Waals surface area contributed by atoms with Crippen LogP contribution in [0.15, 0.2) is 22.9 Å². The fourth-order valence-electron chi connectivity index (χ4n) is 1.05. The highest BCUT2D eigenvalue weighted by Crippen LogP contribution is 2.12.